The van der Waals surface area contributed by atoms with E-state index in [1.165, 1.54) is 17.0 Å². The Morgan fingerprint density at radius 2 is 2.04 bits per heavy atom. The summed E-state index contributed by atoms with van der Waals surface area (Å²) < 4.78 is 20.8. The lowest BCUT2D eigenvalue weighted by atomic mass is 10.2. The van der Waals surface area contributed by atoms with Gasteiger partial charge in [-0.05, 0) is 43.2 Å². The molecule has 3 rings (SSSR count). The first-order valence-corrected chi connectivity index (χ1v) is 9.15. The molecule has 140 valence electrons. The largest absolute Gasteiger partial charge is 0.370 e. The van der Waals surface area contributed by atoms with Crippen molar-refractivity contribution in [3.8, 4) is 0 Å². The van der Waals surface area contributed by atoms with Crippen LogP contribution in [-0.4, -0.2) is 49.9 Å². The van der Waals surface area contributed by atoms with Gasteiger partial charge < -0.3 is 19.5 Å². The van der Waals surface area contributed by atoms with Gasteiger partial charge in [0, 0.05) is 12.2 Å². The molecule has 0 aliphatic carbocycles. The fourth-order valence-corrected chi connectivity index (χ4v) is 3.52. The second kappa shape index (κ2) is 8.47. The van der Waals surface area contributed by atoms with Crippen LogP contribution in [0.3, 0.4) is 0 Å². The molecule has 0 unspecified atom stereocenters. The molecule has 2 N–H and O–H groups in total. The van der Waals surface area contributed by atoms with E-state index >= 15 is 0 Å². The van der Waals surface area contributed by atoms with Gasteiger partial charge >= 0.3 is 0 Å². The Hall–Kier alpha value is -2.18. The number of hydrogen-bond acceptors (Lipinski definition) is 2. The van der Waals surface area contributed by atoms with Gasteiger partial charge in [0.05, 0.1) is 26.3 Å². The monoisotopic (exact) mass is 360 g/mol. The summed E-state index contributed by atoms with van der Waals surface area (Å²) in [5.74, 6) is -0.330. The van der Waals surface area contributed by atoms with E-state index in [1.54, 1.807) is 6.07 Å². The van der Waals surface area contributed by atoms with E-state index in [2.05, 4.69) is 5.32 Å². The lowest BCUT2D eigenvalue weighted by molar-refractivity contribution is -0.906. The third kappa shape index (κ3) is 4.51. The van der Waals surface area contributed by atoms with Crippen LogP contribution in [0.1, 0.15) is 27.3 Å². The van der Waals surface area contributed by atoms with Crippen molar-refractivity contribution in [2.24, 2.45) is 0 Å². The Balaban J connectivity index is 1.67. The zero-order valence-electron chi connectivity index (χ0n) is 15.5. The van der Waals surface area contributed by atoms with Crippen LogP contribution < -0.4 is 10.2 Å². The molecule has 6 heteroatoms. The number of hydrogen-bond donors (Lipinski definition) is 2. The van der Waals surface area contributed by atoms with Crippen molar-refractivity contribution in [1.29, 1.82) is 0 Å². The maximum atomic E-state index is 13.5. The number of aromatic nitrogens is 1. The van der Waals surface area contributed by atoms with Gasteiger partial charge in [-0.25, -0.2) is 4.39 Å². The summed E-state index contributed by atoms with van der Waals surface area (Å²) in [5.41, 5.74) is 3.44. The third-order valence-electron chi connectivity index (χ3n) is 4.90. The van der Waals surface area contributed by atoms with Crippen molar-refractivity contribution in [2.45, 2.75) is 20.4 Å². The van der Waals surface area contributed by atoms with E-state index in [0.717, 1.165) is 49.7 Å². The SMILES string of the molecule is Cc1cc(C)n(Cc2cccc(F)c2)c1C(=O)NCC[NH+]1CCOCC1. The molecule has 1 saturated heterocycles. The summed E-state index contributed by atoms with van der Waals surface area (Å²) in [6, 6.07) is 8.51. The van der Waals surface area contributed by atoms with Crippen molar-refractivity contribution in [3.63, 3.8) is 0 Å². The molecule has 0 bridgehead atoms. The van der Waals surface area contributed by atoms with Crippen LogP contribution in [0.25, 0.3) is 0 Å². The van der Waals surface area contributed by atoms with Gasteiger partial charge in [-0.1, -0.05) is 12.1 Å². The predicted octanol–water partition coefficient (Wildman–Crippen LogP) is 0.937. The molecule has 1 fully saturated rings. The number of benzene rings is 1. The molecule has 2 aromatic rings. The minimum atomic E-state index is -0.261. The number of quaternary nitrogens is 1. The average molecular weight is 360 g/mol. The summed E-state index contributed by atoms with van der Waals surface area (Å²) >= 11 is 0. The molecule has 0 saturated carbocycles. The molecular weight excluding hydrogens is 333 g/mol. The van der Waals surface area contributed by atoms with Crippen LogP contribution in [0.15, 0.2) is 30.3 Å². The lowest BCUT2D eigenvalue weighted by Crippen LogP contribution is -3.14. The minimum Gasteiger partial charge on any atom is -0.370 e. The van der Waals surface area contributed by atoms with E-state index in [9.17, 15) is 9.18 Å². The van der Waals surface area contributed by atoms with Gasteiger partial charge in [-0.3, -0.25) is 4.79 Å². The third-order valence-corrected chi connectivity index (χ3v) is 4.90. The van der Waals surface area contributed by atoms with Crippen LogP contribution in [0.2, 0.25) is 0 Å². The summed E-state index contributed by atoms with van der Waals surface area (Å²) in [7, 11) is 0. The van der Waals surface area contributed by atoms with E-state index in [0.29, 0.717) is 18.8 Å². The Labute approximate surface area is 153 Å². The molecule has 1 aromatic carbocycles. The number of morpholine rings is 1. The second-order valence-electron chi connectivity index (χ2n) is 6.90. The first kappa shape index (κ1) is 18.6. The number of rotatable bonds is 6. The smallest absolute Gasteiger partial charge is 0.268 e. The quantitative estimate of drug-likeness (QED) is 0.805. The minimum absolute atomic E-state index is 0.0698. The summed E-state index contributed by atoms with van der Waals surface area (Å²) in [5, 5.41) is 3.04. The average Bonchev–Trinajstić information content (AvgIpc) is 2.89. The van der Waals surface area contributed by atoms with Gasteiger partial charge in [0.25, 0.3) is 5.91 Å². The fraction of sp³-hybridized carbons (Fsp3) is 0.450. The van der Waals surface area contributed by atoms with Crippen molar-refractivity contribution in [1.82, 2.24) is 9.88 Å². The molecule has 0 spiro atoms. The maximum absolute atomic E-state index is 13.5. The second-order valence-corrected chi connectivity index (χ2v) is 6.90. The van der Waals surface area contributed by atoms with Crippen molar-refractivity contribution in [3.05, 3.63) is 58.7 Å². The Morgan fingerprint density at radius 1 is 1.27 bits per heavy atom. The molecular formula is C20H27FN3O2+. The van der Waals surface area contributed by atoms with Crippen LogP contribution in [-0.2, 0) is 11.3 Å². The number of ether oxygens (including phenoxy) is 1. The number of carbonyl (C=O) groups is 1. The summed E-state index contributed by atoms with van der Waals surface area (Å²) in [6.07, 6.45) is 0. The molecule has 1 aliphatic heterocycles. The maximum Gasteiger partial charge on any atom is 0.268 e. The molecule has 1 amide bonds. The first-order chi connectivity index (χ1) is 12.5. The zero-order chi connectivity index (χ0) is 18.5. The molecule has 0 atom stereocenters. The van der Waals surface area contributed by atoms with Crippen molar-refractivity contribution < 1.29 is 18.8 Å². The Kier molecular flexibility index (Phi) is 6.06. The van der Waals surface area contributed by atoms with Gasteiger partial charge in [-0.15, -0.1) is 0 Å². The van der Waals surface area contributed by atoms with Gasteiger partial charge in [0.15, 0.2) is 0 Å². The molecule has 1 aliphatic rings. The summed E-state index contributed by atoms with van der Waals surface area (Å²) in [4.78, 5) is 14.2. The van der Waals surface area contributed by atoms with Gasteiger partial charge in [0.2, 0.25) is 0 Å². The van der Waals surface area contributed by atoms with E-state index in [-0.39, 0.29) is 11.7 Å². The number of amides is 1. The number of halogens is 1. The van der Waals surface area contributed by atoms with E-state index < -0.39 is 0 Å². The Morgan fingerprint density at radius 3 is 2.77 bits per heavy atom. The highest BCUT2D eigenvalue weighted by Crippen LogP contribution is 2.17. The number of nitrogens with zero attached hydrogens (tertiary/aromatic N) is 1. The topological polar surface area (TPSA) is 47.7 Å². The van der Waals surface area contributed by atoms with Crippen LogP contribution >= 0.6 is 0 Å². The number of aryl methyl sites for hydroxylation is 2. The predicted molar refractivity (Wildman–Crippen MR) is 98.1 cm³/mol. The van der Waals surface area contributed by atoms with Gasteiger partial charge in [-0.2, -0.15) is 0 Å². The molecule has 5 nitrogen and oxygen atoms in total. The highest BCUT2D eigenvalue weighted by Gasteiger charge is 2.19. The first-order valence-electron chi connectivity index (χ1n) is 9.15. The highest BCUT2D eigenvalue weighted by atomic mass is 19.1. The number of carbonyl (C=O) groups excluding carboxylic acids is 1. The zero-order valence-corrected chi connectivity index (χ0v) is 15.5. The van der Waals surface area contributed by atoms with Crippen LogP contribution in [0.4, 0.5) is 4.39 Å². The highest BCUT2D eigenvalue weighted by molar-refractivity contribution is 5.94. The Bertz CT molecular complexity index is 766. The molecule has 2 heterocycles. The van der Waals surface area contributed by atoms with Gasteiger partial charge in [0.1, 0.15) is 24.6 Å². The normalized spacial score (nSPS) is 15.2. The standard InChI is InChI=1S/C20H26FN3O2/c1-15-12-16(2)24(14-17-4-3-5-18(21)13-17)19(15)20(25)22-6-7-23-8-10-26-11-9-23/h3-5,12-13H,6-11,14H2,1-2H3,(H,22,25)/p+1. The molecule has 1 aromatic heterocycles. The lowest BCUT2D eigenvalue weighted by Gasteiger charge is -2.23. The van der Waals surface area contributed by atoms with Crippen molar-refractivity contribution in [2.75, 3.05) is 39.4 Å². The van der Waals surface area contributed by atoms with Crippen LogP contribution in [0.5, 0.6) is 0 Å². The van der Waals surface area contributed by atoms with E-state index in [4.69, 9.17) is 4.74 Å². The molecule has 26 heavy (non-hydrogen) atoms. The molecule has 0 radical (unpaired) electrons. The summed E-state index contributed by atoms with van der Waals surface area (Å²) in [6.45, 7) is 9.49. The van der Waals surface area contributed by atoms with Crippen LogP contribution in [0, 0.1) is 19.7 Å². The fourth-order valence-electron chi connectivity index (χ4n) is 3.52. The van der Waals surface area contributed by atoms with Crippen molar-refractivity contribution >= 4 is 5.91 Å². The number of nitrogens with one attached hydrogen (secondary N) is 2. The van der Waals surface area contributed by atoms with E-state index in [1.807, 2.05) is 30.5 Å².